The molecule has 0 aromatic heterocycles. The number of hydrogen-bond acceptors (Lipinski definition) is 3. The van der Waals surface area contributed by atoms with Gasteiger partial charge in [0.15, 0.2) is 0 Å². The Kier molecular flexibility index (Phi) is 6.57. The Morgan fingerprint density at radius 3 is 1.93 bits per heavy atom. The van der Waals surface area contributed by atoms with E-state index in [9.17, 15) is 21.6 Å². The first-order valence-corrected chi connectivity index (χ1v) is 10.7. The summed E-state index contributed by atoms with van der Waals surface area (Å²) in [6.07, 6.45) is -4.82. The van der Waals surface area contributed by atoms with Crippen LogP contribution in [0.5, 0.6) is 0 Å². The lowest BCUT2D eigenvalue weighted by Crippen LogP contribution is -2.48. The highest BCUT2D eigenvalue weighted by Crippen LogP contribution is 2.37. The molecule has 0 saturated heterocycles. The Hall–Kier alpha value is -1.51. The van der Waals surface area contributed by atoms with Crippen molar-refractivity contribution in [2.24, 2.45) is 0 Å². The molecule has 0 radical (unpaired) electrons. The van der Waals surface area contributed by atoms with E-state index in [4.69, 9.17) is 0 Å². The number of thiol groups is 1. The van der Waals surface area contributed by atoms with E-state index in [1.165, 1.54) is 0 Å². The van der Waals surface area contributed by atoms with Gasteiger partial charge in [0.1, 0.15) is 6.04 Å². The fourth-order valence-electron chi connectivity index (χ4n) is 3.39. The van der Waals surface area contributed by atoms with E-state index in [1.54, 1.807) is 65.0 Å². The molecule has 0 aliphatic rings. The first-order chi connectivity index (χ1) is 12.7. The van der Waals surface area contributed by atoms with Gasteiger partial charge in [-0.05, 0) is 56.9 Å². The second-order valence-electron chi connectivity index (χ2n) is 7.17. The zero-order chi connectivity index (χ0) is 21.4. The molecule has 0 heterocycles. The van der Waals surface area contributed by atoms with Gasteiger partial charge in [0.05, 0.1) is 10.1 Å². The summed E-state index contributed by atoms with van der Waals surface area (Å²) in [6, 6.07) is 5.97. The van der Waals surface area contributed by atoms with Gasteiger partial charge < -0.3 is 0 Å². The number of nitrogens with one attached hydrogen (secondary N) is 1. The molecule has 154 valence electrons. The molecule has 0 spiro atoms. The third-order valence-corrected chi connectivity index (χ3v) is 6.90. The molecule has 0 saturated carbocycles. The zero-order valence-electron chi connectivity index (χ0n) is 16.3. The summed E-state index contributed by atoms with van der Waals surface area (Å²) in [7, 11) is -4.42. The Morgan fingerprint density at radius 1 is 0.893 bits per heavy atom. The van der Waals surface area contributed by atoms with Crippen LogP contribution in [0.1, 0.15) is 38.6 Å². The number of benzene rings is 2. The van der Waals surface area contributed by atoms with E-state index >= 15 is 0 Å². The van der Waals surface area contributed by atoms with Gasteiger partial charge in [-0.1, -0.05) is 41.5 Å². The molecule has 1 N–H and O–H groups in total. The summed E-state index contributed by atoms with van der Waals surface area (Å²) in [5, 5.41) is -1.39. The van der Waals surface area contributed by atoms with Gasteiger partial charge in [-0.15, -0.1) is 0 Å². The summed E-state index contributed by atoms with van der Waals surface area (Å²) < 4.78 is 69.1. The largest absolute Gasteiger partial charge is 0.406 e. The minimum atomic E-state index is -4.82. The smallest absolute Gasteiger partial charge is 0.207 e. The Labute approximate surface area is 169 Å². The fourth-order valence-corrected chi connectivity index (χ4v) is 5.70. The molecule has 3 nitrogen and oxygen atoms in total. The Morgan fingerprint density at radius 2 is 1.43 bits per heavy atom. The molecule has 2 aromatic carbocycles. The number of halogens is 3. The van der Waals surface area contributed by atoms with Crippen molar-refractivity contribution >= 4 is 22.7 Å². The third-order valence-electron chi connectivity index (χ3n) is 4.58. The predicted octanol–water partition coefficient (Wildman–Crippen LogP) is 5.11. The van der Waals surface area contributed by atoms with Crippen LogP contribution >= 0.6 is 12.6 Å². The molecule has 28 heavy (non-hydrogen) atoms. The highest BCUT2D eigenvalue weighted by atomic mass is 32.2. The Bertz CT molecular complexity index is 962. The molecule has 8 heteroatoms. The van der Waals surface area contributed by atoms with Gasteiger partial charge in [0, 0.05) is 0 Å². The molecular weight excluding hydrogens is 407 g/mol. The highest BCUT2D eigenvalue weighted by Gasteiger charge is 2.47. The number of sulfonamides is 1. The van der Waals surface area contributed by atoms with Crippen LogP contribution in [-0.2, 0) is 10.0 Å². The number of rotatable bonds is 5. The van der Waals surface area contributed by atoms with E-state index in [0.29, 0.717) is 22.3 Å². The molecule has 0 amide bonds. The molecule has 0 bridgehead atoms. The Balaban J connectivity index is 2.52. The van der Waals surface area contributed by atoms with Gasteiger partial charge in [0.2, 0.25) is 10.0 Å². The first-order valence-electron chi connectivity index (χ1n) is 8.66. The summed E-state index contributed by atoms with van der Waals surface area (Å²) in [6.45, 7) is 8.37. The van der Waals surface area contributed by atoms with Crippen LogP contribution in [-0.4, -0.2) is 20.6 Å². The zero-order valence-corrected chi connectivity index (χ0v) is 18.1. The third kappa shape index (κ3) is 4.90. The van der Waals surface area contributed by atoms with Crippen molar-refractivity contribution in [3.63, 3.8) is 0 Å². The predicted molar refractivity (Wildman–Crippen MR) is 108 cm³/mol. The second kappa shape index (κ2) is 8.08. The van der Waals surface area contributed by atoms with Gasteiger partial charge in [-0.25, -0.2) is 8.42 Å². The molecule has 0 fully saturated rings. The second-order valence-corrected chi connectivity index (χ2v) is 9.38. The highest BCUT2D eigenvalue weighted by molar-refractivity contribution is 7.89. The van der Waals surface area contributed by atoms with Crippen LogP contribution in [0, 0.1) is 34.6 Å². The van der Waals surface area contributed by atoms with Crippen molar-refractivity contribution in [1.29, 1.82) is 0 Å². The van der Waals surface area contributed by atoms with Crippen LogP contribution in [0.2, 0.25) is 0 Å². The lowest BCUT2D eigenvalue weighted by molar-refractivity contribution is -0.151. The average molecular weight is 432 g/mol. The van der Waals surface area contributed by atoms with Crippen molar-refractivity contribution in [2.45, 2.75) is 57.0 Å². The lowest BCUT2D eigenvalue weighted by Gasteiger charge is -2.28. The van der Waals surface area contributed by atoms with Gasteiger partial charge in [-0.3, -0.25) is 0 Å². The topological polar surface area (TPSA) is 46.2 Å². The molecule has 2 atom stereocenters. The fraction of sp³-hybridized carbons (Fsp3) is 0.400. The van der Waals surface area contributed by atoms with Crippen molar-refractivity contribution in [1.82, 2.24) is 4.72 Å². The van der Waals surface area contributed by atoms with E-state index < -0.39 is 27.5 Å². The molecule has 2 aromatic rings. The monoisotopic (exact) mass is 431 g/mol. The molecule has 2 unspecified atom stereocenters. The molecular formula is C20H24F3NO2S2. The van der Waals surface area contributed by atoms with Crippen molar-refractivity contribution < 1.29 is 21.6 Å². The minimum absolute atomic E-state index is 0.131. The van der Waals surface area contributed by atoms with Crippen LogP contribution < -0.4 is 4.72 Å². The van der Waals surface area contributed by atoms with Crippen LogP contribution in [0.25, 0.3) is 0 Å². The molecule has 0 aliphatic carbocycles. The van der Waals surface area contributed by atoms with E-state index in [1.807, 2.05) is 4.72 Å². The van der Waals surface area contributed by atoms with Crippen molar-refractivity contribution in [3.05, 3.63) is 63.7 Å². The van der Waals surface area contributed by atoms with Crippen molar-refractivity contribution in [2.75, 3.05) is 0 Å². The van der Waals surface area contributed by atoms with Gasteiger partial charge in [0.25, 0.3) is 0 Å². The normalized spacial score (nSPS) is 14.8. The van der Waals surface area contributed by atoms with Crippen LogP contribution in [0.3, 0.4) is 0 Å². The SMILES string of the molecule is Cc1cc(C)c(S(=O)(=O)NC(C(S)c2cc(C)ccc2C)C(F)(F)F)c(C)c1. The first kappa shape index (κ1) is 22.8. The van der Waals surface area contributed by atoms with Crippen LogP contribution in [0.15, 0.2) is 35.2 Å². The van der Waals surface area contributed by atoms with Crippen LogP contribution in [0.4, 0.5) is 13.2 Å². The summed E-state index contributed by atoms with van der Waals surface area (Å²) >= 11 is 4.17. The number of alkyl halides is 3. The quantitative estimate of drug-likeness (QED) is 0.647. The maximum Gasteiger partial charge on any atom is 0.406 e. The summed E-state index contributed by atoms with van der Waals surface area (Å²) in [5.74, 6) is 0. The van der Waals surface area contributed by atoms with E-state index in [2.05, 4.69) is 12.6 Å². The van der Waals surface area contributed by atoms with Gasteiger partial charge >= 0.3 is 6.18 Å². The standard InChI is InChI=1S/C20H24F3NO2S2/c1-11-6-7-13(3)16(10-11)17(27)19(20(21,22)23)24-28(25,26)18-14(4)8-12(2)9-15(18)5/h6-10,17,19,24,27H,1-5H3. The number of hydrogen-bond donors (Lipinski definition) is 2. The van der Waals surface area contributed by atoms with Crippen molar-refractivity contribution in [3.8, 4) is 0 Å². The van der Waals surface area contributed by atoms with Gasteiger partial charge in [-0.2, -0.15) is 30.5 Å². The summed E-state index contributed by atoms with van der Waals surface area (Å²) in [4.78, 5) is -0.131. The lowest BCUT2D eigenvalue weighted by atomic mass is 9.98. The minimum Gasteiger partial charge on any atom is -0.207 e. The average Bonchev–Trinajstić information content (AvgIpc) is 2.52. The summed E-state index contributed by atoms with van der Waals surface area (Å²) in [5.41, 5.74) is 3.35. The maximum absolute atomic E-state index is 13.8. The molecule has 0 aliphatic heterocycles. The molecule has 2 rings (SSSR count). The van der Waals surface area contributed by atoms with E-state index in [-0.39, 0.29) is 4.90 Å². The maximum atomic E-state index is 13.8. The number of aryl methyl sites for hydroxylation is 5. The van der Waals surface area contributed by atoms with E-state index in [0.717, 1.165) is 11.1 Å².